The number of hydrogen-bond acceptors (Lipinski definition) is 4. The monoisotopic (exact) mass is 288 g/mol. The van der Waals surface area contributed by atoms with Crippen LogP contribution < -0.4 is 10.1 Å². The van der Waals surface area contributed by atoms with Crippen LogP contribution in [0.3, 0.4) is 0 Å². The molecule has 112 valence electrons. The zero-order valence-electron chi connectivity index (χ0n) is 12.3. The zero-order valence-corrected chi connectivity index (χ0v) is 12.3. The van der Waals surface area contributed by atoms with Crippen LogP contribution in [0.15, 0.2) is 24.3 Å². The molecule has 21 heavy (non-hydrogen) atoms. The third-order valence-electron chi connectivity index (χ3n) is 2.82. The number of rotatable bonds is 7. The molecule has 2 N–H and O–H groups in total. The first-order chi connectivity index (χ1) is 10.2. The van der Waals surface area contributed by atoms with Gasteiger partial charge in [-0.15, -0.1) is 5.10 Å². The normalized spacial score (nSPS) is 10.4. The van der Waals surface area contributed by atoms with Crippen molar-refractivity contribution in [3.05, 3.63) is 35.9 Å². The number of carbonyl (C=O) groups excluding carboxylic acids is 1. The van der Waals surface area contributed by atoms with Gasteiger partial charge in [-0.1, -0.05) is 26.0 Å². The number of anilines is 1. The number of para-hydroxylation sites is 2. The van der Waals surface area contributed by atoms with Crippen LogP contribution in [0.25, 0.3) is 0 Å². The minimum Gasteiger partial charge on any atom is -0.491 e. The minimum absolute atomic E-state index is 0.142. The molecule has 0 radical (unpaired) electrons. The van der Waals surface area contributed by atoms with Gasteiger partial charge in [-0.3, -0.25) is 9.89 Å². The van der Waals surface area contributed by atoms with Crippen molar-refractivity contribution < 1.29 is 9.53 Å². The summed E-state index contributed by atoms with van der Waals surface area (Å²) in [5.74, 6) is 1.17. The Hall–Kier alpha value is -2.37. The van der Waals surface area contributed by atoms with Gasteiger partial charge in [-0.25, -0.2) is 4.98 Å². The predicted molar refractivity (Wildman–Crippen MR) is 80.6 cm³/mol. The van der Waals surface area contributed by atoms with Crippen molar-refractivity contribution in [1.29, 1.82) is 0 Å². The Kier molecular flexibility index (Phi) is 5.31. The Balaban J connectivity index is 2.07. The van der Waals surface area contributed by atoms with E-state index >= 15 is 0 Å². The lowest BCUT2D eigenvalue weighted by molar-refractivity contribution is 0.101. The second kappa shape index (κ2) is 7.42. The van der Waals surface area contributed by atoms with Gasteiger partial charge in [0.2, 0.25) is 5.82 Å². The summed E-state index contributed by atoms with van der Waals surface area (Å²) >= 11 is 0. The smallest absolute Gasteiger partial charge is 0.295 e. The fraction of sp³-hybridized carbons (Fsp3) is 0.400. The summed E-state index contributed by atoms with van der Waals surface area (Å²) in [6.07, 6.45) is 2.63. The van der Waals surface area contributed by atoms with E-state index in [1.165, 1.54) is 0 Å². The molecule has 6 heteroatoms. The minimum atomic E-state index is -0.346. The lowest BCUT2D eigenvalue weighted by Crippen LogP contribution is -2.14. The van der Waals surface area contributed by atoms with Gasteiger partial charge in [0.15, 0.2) is 0 Å². The number of benzene rings is 1. The summed E-state index contributed by atoms with van der Waals surface area (Å²) in [6, 6.07) is 7.33. The van der Waals surface area contributed by atoms with Crippen LogP contribution in [0, 0.1) is 0 Å². The van der Waals surface area contributed by atoms with Crippen molar-refractivity contribution in [1.82, 2.24) is 15.2 Å². The molecule has 0 unspecified atom stereocenters. The lowest BCUT2D eigenvalue weighted by atomic mass is 10.3. The number of amides is 1. The highest BCUT2D eigenvalue weighted by Crippen LogP contribution is 2.24. The summed E-state index contributed by atoms with van der Waals surface area (Å²) in [6.45, 7) is 4.68. The first-order valence-corrected chi connectivity index (χ1v) is 7.19. The first-order valence-electron chi connectivity index (χ1n) is 7.19. The Morgan fingerprint density at radius 2 is 2.10 bits per heavy atom. The van der Waals surface area contributed by atoms with Crippen LogP contribution in [0.5, 0.6) is 5.75 Å². The van der Waals surface area contributed by atoms with E-state index in [1.807, 2.05) is 32.0 Å². The Morgan fingerprint density at radius 3 is 2.86 bits per heavy atom. The van der Waals surface area contributed by atoms with E-state index < -0.39 is 0 Å². The molecule has 1 aromatic heterocycles. The van der Waals surface area contributed by atoms with E-state index in [4.69, 9.17) is 4.74 Å². The van der Waals surface area contributed by atoms with E-state index in [2.05, 4.69) is 20.5 Å². The fourth-order valence-electron chi connectivity index (χ4n) is 1.83. The Morgan fingerprint density at radius 1 is 1.29 bits per heavy atom. The number of ether oxygens (including phenoxy) is 1. The summed E-state index contributed by atoms with van der Waals surface area (Å²) in [5, 5.41) is 9.49. The van der Waals surface area contributed by atoms with Gasteiger partial charge in [0.1, 0.15) is 11.6 Å². The number of nitrogens with zero attached hydrogens (tertiary/aromatic N) is 2. The first kappa shape index (κ1) is 15.0. The molecular weight excluding hydrogens is 268 g/mol. The molecule has 2 aromatic rings. The second-order valence-corrected chi connectivity index (χ2v) is 4.65. The molecular formula is C15H20N4O2. The van der Waals surface area contributed by atoms with E-state index in [9.17, 15) is 4.79 Å². The molecule has 0 aliphatic carbocycles. The van der Waals surface area contributed by atoms with Crippen molar-refractivity contribution in [3.8, 4) is 5.75 Å². The third-order valence-corrected chi connectivity index (χ3v) is 2.82. The highest BCUT2D eigenvalue weighted by molar-refractivity contribution is 6.02. The van der Waals surface area contributed by atoms with Crippen molar-refractivity contribution in [3.63, 3.8) is 0 Å². The number of aryl methyl sites for hydroxylation is 1. The summed E-state index contributed by atoms with van der Waals surface area (Å²) in [4.78, 5) is 16.3. The van der Waals surface area contributed by atoms with Gasteiger partial charge in [0.05, 0.1) is 12.3 Å². The topological polar surface area (TPSA) is 79.9 Å². The lowest BCUT2D eigenvalue weighted by Gasteiger charge is -2.10. The number of aromatic nitrogens is 3. The SMILES string of the molecule is CCCOc1ccccc1NC(=O)c1n[nH]c(CCC)n1. The number of carbonyl (C=O) groups is 1. The summed E-state index contributed by atoms with van der Waals surface area (Å²) in [5.41, 5.74) is 0.623. The molecule has 0 atom stereocenters. The Bertz CT molecular complexity index is 595. The molecule has 0 spiro atoms. The number of hydrogen-bond donors (Lipinski definition) is 2. The quantitative estimate of drug-likeness (QED) is 0.821. The van der Waals surface area contributed by atoms with Crippen LogP contribution in [0.2, 0.25) is 0 Å². The fourth-order valence-corrected chi connectivity index (χ4v) is 1.83. The molecule has 0 fully saturated rings. The highest BCUT2D eigenvalue weighted by Gasteiger charge is 2.14. The molecule has 0 saturated heterocycles. The molecule has 6 nitrogen and oxygen atoms in total. The third kappa shape index (κ3) is 4.05. The van der Waals surface area contributed by atoms with Crippen LogP contribution in [0.4, 0.5) is 5.69 Å². The van der Waals surface area contributed by atoms with Gasteiger partial charge in [-0.2, -0.15) is 0 Å². The summed E-state index contributed by atoms with van der Waals surface area (Å²) < 4.78 is 5.60. The zero-order chi connectivity index (χ0) is 15.1. The number of aromatic amines is 1. The second-order valence-electron chi connectivity index (χ2n) is 4.65. The molecule has 1 aromatic carbocycles. The highest BCUT2D eigenvalue weighted by atomic mass is 16.5. The molecule has 0 aliphatic rings. The van der Waals surface area contributed by atoms with Crippen molar-refractivity contribution in [2.45, 2.75) is 33.1 Å². The van der Waals surface area contributed by atoms with Crippen molar-refractivity contribution in [2.75, 3.05) is 11.9 Å². The van der Waals surface area contributed by atoms with Gasteiger partial charge >= 0.3 is 0 Å². The van der Waals surface area contributed by atoms with Crippen molar-refractivity contribution >= 4 is 11.6 Å². The average Bonchev–Trinajstić information content (AvgIpc) is 2.95. The standard InChI is InChI=1S/C15H20N4O2/c1-3-7-13-17-14(19-18-13)15(20)16-11-8-5-6-9-12(11)21-10-4-2/h5-6,8-9H,3-4,7,10H2,1-2H3,(H,16,20)(H,17,18,19). The van der Waals surface area contributed by atoms with Gasteiger partial charge in [0.25, 0.3) is 5.91 Å². The average molecular weight is 288 g/mol. The number of nitrogens with one attached hydrogen (secondary N) is 2. The largest absolute Gasteiger partial charge is 0.491 e. The molecule has 0 saturated carbocycles. The number of H-pyrrole nitrogens is 1. The van der Waals surface area contributed by atoms with Gasteiger partial charge in [-0.05, 0) is 25.0 Å². The van der Waals surface area contributed by atoms with E-state index in [-0.39, 0.29) is 11.7 Å². The van der Waals surface area contributed by atoms with E-state index in [0.29, 0.717) is 18.0 Å². The molecule has 1 heterocycles. The van der Waals surface area contributed by atoms with Gasteiger partial charge in [0, 0.05) is 6.42 Å². The Labute approximate surface area is 123 Å². The maximum Gasteiger partial charge on any atom is 0.295 e. The van der Waals surface area contributed by atoms with Gasteiger partial charge < -0.3 is 10.1 Å². The molecule has 0 bridgehead atoms. The maximum atomic E-state index is 12.1. The maximum absolute atomic E-state index is 12.1. The van der Waals surface area contributed by atoms with Crippen LogP contribution in [-0.2, 0) is 6.42 Å². The molecule has 2 rings (SSSR count). The van der Waals surface area contributed by atoms with Crippen LogP contribution in [0.1, 0.15) is 43.1 Å². The van der Waals surface area contributed by atoms with Crippen LogP contribution in [-0.4, -0.2) is 27.7 Å². The van der Waals surface area contributed by atoms with Crippen molar-refractivity contribution in [2.24, 2.45) is 0 Å². The van der Waals surface area contributed by atoms with Crippen LogP contribution >= 0.6 is 0 Å². The van der Waals surface area contributed by atoms with E-state index in [0.717, 1.165) is 25.1 Å². The van der Waals surface area contributed by atoms with E-state index in [1.54, 1.807) is 6.07 Å². The summed E-state index contributed by atoms with van der Waals surface area (Å²) in [7, 11) is 0. The molecule has 0 aliphatic heterocycles. The molecule has 1 amide bonds. The predicted octanol–water partition coefficient (Wildman–Crippen LogP) is 2.80.